The van der Waals surface area contributed by atoms with Gasteiger partial charge in [0.1, 0.15) is 11.4 Å². The van der Waals surface area contributed by atoms with E-state index in [1.807, 2.05) is 24.3 Å². The number of carbonyl (C=O) groups is 1. The Morgan fingerprint density at radius 1 is 1.02 bits per heavy atom. The molecule has 0 spiro atoms. The highest BCUT2D eigenvalue weighted by atomic mass is 19.4. The van der Waals surface area contributed by atoms with Gasteiger partial charge in [0, 0.05) is 25.7 Å². The number of nitrogens with zero attached hydrogens (tertiary/aromatic N) is 6. The number of halogens is 3. The first-order chi connectivity index (χ1) is 23.1. The van der Waals surface area contributed by atoms with Gasteiger partial charge < -0.3 is 10.1 Å². The maximum absolute atomic E-state index is 14.1. The first-order valence-corrected chi connectivity index (χ1v) is 15.3. The number of fused-ring (bicyclic) bond motifs is 1. The minimum atomic E-state index is -4.63. The van der Waals surface area contributed by atoms with Crippen LogP contribution in [0.2, 0.25) is 0 Å². The highest BCUT2D eigenvalue weighted by Gasteiger charge is 2.56. The second kappa shape index (κ2) is 11.9. The molecule has 7 rings (SSSR count). The standard InChI is InChI=1S/C35H30F3N7O3/c1-21-32(30-14-15-40-45(30)25-10-6-22(17-39)7-11-25)44(34(47)43(21)26-5-3-4-24(16-26)35(36,37)38)33(46)41-31-28-19-42(20-29(28)31)18-23-8-12-27(48-2)13-9-23/h3-16,28-29,31H,18-20H2,1-2H3,(H,41,46). The van der Waals surface area contributed by atoms with Crippen LogP contribution in [-0.2, 0) is 12.7 Å². The molecule has 2 aromatic heterocycles. The van der Waals surface area contributed by atoms with Gasteiger partial charge in [-0.1, -0.05) is 18.2 Å². The molecule has 2 atom stereocenters. The largest absolute Gasteiger partial charge is 0.497 e. The lowest BCUT2D eigenvalue weighted by molar-refractivity contribution is -0.137. The van der Waals surface area contributed by atoms with Crippen LogP contribution in [0, 0.1) is 30.1 Å². The maximum atomic E-state index is 14.1. The van der Waals surface area contributed by atoms with Gasteiger partial charge >= 0.3 is 17.9 Å². The van der Waals surface area contributed by atoms with Crippen LogP contribution in [0.1, 0.15) is 22.4 Å². The van der Waals surface area contributed by atoms with E-state index < -0.39 is 23.5 Å². The average Bonchev–Trinajstić information content (AvgIpc) is 3.45. The normalized spacial score (nSPS) is 18.7. The van der Waals surface area contributed by atoms with Crippen molar-refractivity contribution >= 4 is 6.03 Å². The number of amides is 1. The predicted octanol–water partition coefficient (Wildman–Crippen LogP) is 5.39. The van der Waals surface area contributed by atoms with E-state index in [4.69, 9.17) is 4.74 Å². The Kier molecular flexibility index (Phi) is 7.68. The Morgan fingerprint density at radius 3 is 2.38 bits per heavy atom. The number of imidazole rings is 1. The second-order valence-electron chi connectivity index (χ2n) is 12.1. The number of carbonyl (C=O) groups excluding carboxylic acids is 1. The molecule has 5 aromatic rings. The molecule has 1 aliphatic carbocycles. The summed E-state index contributed by atoms with van der Waals surface area (Å²) >= 11 is 0. The van der Waals surface area contributed by atoms with Crippen molar-refractivity contribution < 1.29 is 22.7 Å². The summed E-state index contributed by atoms with van der Waals surface area (Å²) in [5.41, 5.74) is 1.21. The fraction of sp³-hybridized carbons (Fsp3) is 0.257. The van der Waals surface area contributed by atoms with Gasteiger partial charge in [0.2, 0.25) is 0 Å². The molecule has 244 valence electrons. The van der Waals surface area contributed by atoms with E-state index in [-0.39, 0.29) is 35.0 Å². The Morgan fingerprint density at radius 2 is 1.73 bits per heavy atom. The number of hydrogen-bond donors (Lipinski definition) is 1. The van der Waals surface area contributed by atoms with E-state index in [9.17, 15) is 28.0 Å². The Labute approximate surface area is 273 Å². The minimum absolute atomic E-state index is 0.0259. The summed E-state index contributed by atoms with van der Waals surface area (Å²) in [7, 11) is 1.62. The number of rotatable bonds is 7. The third-order valence-corrected chi connectivity index (χ3v) is 9.17. The highest BCUT2D eigenvalue weighted by molar-refractivity contribution is 5.84. The first kappa shape index (κ1) is 31.0. The molecule has 1 saturated carbocycles. The number of piperidine rings is 1. The second-order valence-corrected chi connectivity index (χ2v) is 12.1. The Hall–Kier alpha value is -5.61. The molecule has 1 saturated heterocycles. The molecule has 3 heterocycles. The van der Waals surface area contributed by atoms with Crippen LogP contribution in [0.4, 0.5) is 18.0 Å². The molecule has 2 unspecified atom stereocenters. The zero-order chi connectivity index (χ0) is 33.7. The lowest BCUT2D eigenvalue weighted by atomic mass is 10.2. The number of alkyl halides is 3. The van der Waals surface area contributed by atoms with Crippen molar-refractivity contribution in [2.45, 2.75) is 25.7 Å². The van der Waals surface area contributed by atoms with Gasteiger partial charge in [-0.15, -0.1) is 0 Å². The first-order valence-electron chi connectivity index (χ1n) is 15.3. The average molecular weight is 654 g/mol. The number of methoxy groups -OCH3 is 1. The molecule has 13 heteroatoms. The fourth-order valence-electron chi connectivity index (χ4n) is 6.74. The lowest BCUT2D eigenvalue weighted by Crippen LogP contribution is -2.41. The van der Waals surface area contributed by atoms with Crippen molar-refractivity contribution in [3.8, 4) is 34.6 Å². The van der Waals surface area contributed by atoms with E-state index in [0.29, 0.717) is 16.9 Å². The summed E-state index contributed by atoms with van der Waals surface area (Å²) < 4.78 is 49.8. The zero-order valence-corrected chi connectivity index (χ0v) is 26.0. The molecular weight excluding hydrogens is 623 g/mol. The number of ether oxygens (including phenoxy) is 1. The van der Waals surface area contributed by atoms with Gasteiger partial charge in [0.25, 0.3) is 0 Å². The molecule has 10 nitrogen and oxygen atoms in total. The van der Waals surface area contributed by atoms with Crippen LogP contribution in [-0.4, -0.2) is 56.1 Å². The smallest absolute Gasteiger partial charge is 0.416 e. The van der Waals surface area contributed by atoms with E-state index in [1.165, 1.54) is 23.0 Å². The van der Waals surface area contributed by atoms with Gasteiger partial charge in [-0.2, -0.15) is 23.5 Å². The van der Waals surface area contributed by atoms with Crippen LogP contribution in [0.5, 0.6) is 5.75 Å². The van der Waals surface area contributed by atoms with E-state index in [2.05, 4.69) is 21.4 Å². The van der Waals surface area contributed by atoms with Gasteiger partial charge in [-0.05, 0) is 85.0 Å². The molecule has 2 fully saturated rings. The lowest BCUT2D eigenvalue weighted by Gasteiger charge is -2.20. The van der Waals surface area contributed by atoms with Crippen molar-refractivity contribution in [1.82, 2.24) is 29.1 Å². The SMILES string of the molecule is COc1ccc(CN2CC3C(C2)C3NC(=O)n2c(-c3ccnn3-c3ccc(C#N)cc3)c(C)n(-c3cccc(C(F)(F)F)c3)c2=O)cc1. The van der Waals surface area contributed by atoms with Crippen LogP contribution in [0.15, 0.2) is 89.9 Å². The highest BCUT2D eigenvalue weighted by Crippen LogP contribution is 2.46. The number of likely N-dealkylation sites (tertiary alicyclic amines) is 1. The Bertz CT molecular complexity index is 2100. The van der Waals surface area contributed by atoms with E-state index in [0.717, 1.165) is 52.2 Å². The van der Waals surface area contributed by atoms with Gasteiger partial charge in [0.05, 0.1) is 53.3 Å². The summed E-state index contributed by atoms with van der Waals surface area (Å²) in [4.78, 5) is 30.4. The van der Waals surface area contributed by atoms with Gasteiger partial charge in [0.15, 0.2) is 0 Å². The monoisotopic (exact) mass is 653 g/mol. The molecule has 0 radical (unpaired) electrons. The third-order valence-electron chi connectivity index (χ3n) is 9.17. The summed E-state index contributed by atoms with van der Waals surface area (Å²) in [5, 5.41) is 16.7. The van der Waals surface area contributed by atoms with Crippen LogP contribution >= 0.6 is 0 Å². The number of hydrogen-bond acceptors (Lipinski definition) is 6. The molecule has 1 N–H and O–H groups in total. The quantitative estimate of drug-likeness (QED) is 0.253. The summed E-state index contributed by atoms with van der Waals surface area (Å²) in [6.07, 6.45) is -3.13. The molecule has 1 amide bonds. The summed E-state index contributed by atoms with van der Waals surface area (Å²) in [6, 6.07) is 21.8. The maximum Gasteiger partial charge on any atom is 0.416 e. The van der Waals surface area contributed by atoms with Crippen LogP contribution in [0.25, 0.3) is 22.8 Å². The molecule has 2 aliphatic rings. The molecule has 1 aliphatic heterocycles. The zero-order valence-electron chi connectivity index (χ0n) is 26.0. The van der Waals surface area contributed by atoms with Crippen LogP contribution < -0.4 is 15.7 Å². The predicted molar refractivity (Wildman–Crippen MR) is 170 cm³/mol. The number of benzene rings is 3. The topological polar surface area (TPSA) is 110 Å². The number of aromatic nitrogens is 4. The van der Waals surface area contributed by atoms with Gasteiger partial charge in [-0.3, -0.25) is 9.47 Å². The van der Waals surface area contributed by atoms with Crippen molar-refractivity contribution in [3.63, 3.8) is 0 Å². The number of nitrogens with one attached hydrogen (secondary N) is 1. The van der Waals surface area contributed by atoms with Crippen molar-refractivity contribution in [1.29, 1.82) is 5.26 Å². The summed E-state index contributed by atoms with van der Waals surface area (Å²) in [5.74, 6) is 1.21. The third kappa shape index (κ3) is 5.54. The van der Waals surface area contributed by atoms with Crippen molar-refractivity contribution in [2.24, 2.45) is 11.8 Å². The van der Waals surface area contributed by atoms with E-state index in [1.54, 1.807) is 44.4 Å². The molecule has 0 bridgehead atoms. The van der Waals surface area contributed by atoms with Gasteiger partial charge in [-0.25, -0.2) is 18.8 Å². The summed E-state index contributed by atoms with van der Waals surface area (Å²) in [6.45, 7) is 3.90. The molecule has 48 heavy (non-hydrogen) atoms. The Balaban J connectivity index is 1.21. The number of nitriles is 1. The van der Waals surface area contributed by atoms with Crippen LogP contribution in [0.3, 0.4) is 0 Å². The van der Waals surface area contributed by atoms with Crippen molar-refractivity contribution in [2.75, 3.05) is 20.2 Å². The molecular formula is C35H30F3N7O3. The fourth-order valence-corrected chi connectivity index (χ4v) is 6.74. The van der Waals surface area contributed by atoms with E-state index >= 15 is 0 Å². The molecule has 3 aromatic carbocycles. The van der Waals surface area contributed by atoms with Crippen molar-refractivity contribution in [3.05, 3.63) is 118 Å². The minimum Gasteiger partial charge on any atom is -0.497 e.